The summed E-state index contributed by atoms with van der Waals surface area (Å²) in [4.78, 5) is 3.91. The molecular formula is C9H13NO2. The lowest BCUT2D eigenvalue weighted by molar-refractivity contribution is 0.133. The average molecular weight is 167 g/mol. The predicted molar refractivity (Wildman–Crippen MR) is 45.6 cm³/mol. The van der Waals surface area contributed by atoms with Gasteiger partial charge in [0.25, 0.3) is 0 Å². The number of pyridine rings is 1. The highest BCUT2D eigenvalue weighted by Gasteiger charge is 2.08. The van der Waals surface area contributed by atoms with E-state index in [1.807, 2.05) is 13.0 Å². The molecule has 0 aliphatic carbocycles. The molecule has 0 amide bonds. The summed E-state index contributed by atoms with van der Waals surface area (Å²) >= 11 is 0. The second-order valence-corrected chi connectivity index (χ2v) is 2.76. The first kappa shape index (κ1) is 9.16. The normalized spacial score (nSPS) is 12.9. The first-order valence-corrected chi connectivity index (χ1v) is 3.95. The van der Waals surface area contributed by atoms with Gasteiger partial charge in [0.05, 0.1) is 6.10 Å². The molecule has 0 aromatic carbocycles. The Morgan fingerprint density at radius 1 is 1.58 bits per heavy atom. The third-order valence-corrected chi connectivity index (χ3v) is 1.84. The molecule has 1 aromatic rings. The molecule has 0 aliphatic rings. The zero-order valence-corrected chi connectivity index (χ0v) is 7.07. The van der Waals surface area contributed by atoms with E-state index >= 15 is 0 Å². The van der Waals surface area contributed by atoms with Gasteiger partial charge in [-0.05, 0) is 18.6 Å². The number of aliphatic hydroxyl groups excluding tert-OH is 2. The third kappa shape index (κ3) is 2.03. The SMILES string of the molecule is Cc1ccncc1[C@@H](O)CCO. The van der Waals surface area contributed by atoms with E-state index in [9.17, 15) is 5.11 Å². The maximum atomic E-state index is 9.50. The Bertz CT molecular complexity index is 250. The van der Waals surface area contributed by atoms with Crippen LogP contribution in [0.2, 0.25) is 0 Å². The first-order chi connectivity index (χ1) is 5.75. The molecule has 0 saturated carbocycles. The Morgan fingerprint density at radius 3 is 2.92 bits per heavy atom. The van der Waals surface area contributed by atoms with Crippen molar-refractivity contribution in [2.45, 2.75) is 19.4 Å². The zero-order chi connectivity index (χ0) is 8.97. The van der Waals surface area contributed by atoms with E-state index in [0.717, 1.165) is 11.1 Å². The predicted octanol–water partition coefficient (Wildman–Crippen LogP) is 0.806. The summed E-state index contributed by atoms with van der Waals surface area (Å²) in [6.45, 7) is 1.91. The molecule has 12 heavy (non-hydrogen) atoms. The van der Waals surface area contributed by atoms with Gasteiger partial charge in [-0.3, -0.25) is 4.98 Å². The molecule has 0 fully saturated rings. The second-order valence-electron chi connectivity index (χ2n) is 2.76. The lowest BCUT2D eigenvalue weighted by Crippen LogP contribution is -2.02. The van der Waals surface area contributed by atoms with Crippen molar-refractivity contribution in [2.75, 3.05) is 6.61 Å². The van der Waals surface area contributed by atoms with Crippen molar-refractivity contribution >= 4 is 0 Å². The number of hydrogen-bond donors (Lipinski definition) is 2. The van der Waals surface area contributed by atoms with E-state index in [2.05, 4.69) is 4.98 Å². The van der Waals surface area contributed by atoms with Crippen LogP contribution < -0.4 is 0 Å². The maximum absolute atomic E-state index is 9.50. The summed E-state index contributed by atoms with van der Waals surface area (Å²) < 4.78 is 0. The van der Waals surface area contributed by atoms with E-state index in [1.54, 1.807) is 12.4 Å². The monoisotopic (exact) mass is 167 g/mol. The fraction of sp³-hybridized carbons (Fsp3) is 0.444. The van der Waals surface area contributed by atoms with Crippen LogP contribution in [-0.4, -0.2) is 21.8 Å². The quantitative estimate of drug-likeness (QED) is 0.700. The van der Waals surface area contributed by atoms with Crippen LogP contribution in [0, 0.1) is 6.92 Å². The highest BCUT2D eigenvalue weighted by molar-refractivity contribution is 5.23. The van der Waals surface area contributed by atoms with Crippen molar-refractivity contribution in [2.24, 2.45) is 0 Å². The van der Waals surface area contributed by atoms with Gasteiger partial charge in [-0.1, -0.05) is 0 Å². The van der Waals surface area contributed by atoms with E-state index in [1.165, 1.54) is 0 Å². The van der Waals surface area contributed by atoms with Crippen LogP contribution >= 0.6 is 0 Å². The number of aliphatic hydroxyl groups is 2. The van der Waals surface area contributed by atoms with Crippen LogP contribution in [0.15, 0.2) is 18.5 Å². The van der Waals surface area contributed by atoms with Crippen molar-refractivity contribution < 1.29 is 10.2 Å². The van der Waals surface area contributed by atoms with Crippen molar-refractivity contribution in [3.8, 4) is 0 Å². The Balaban J connectivity index is 2.79. The van der Waals surface area contributed by atoms with Crippen molar-refractivity contribution in [3.05, 3.63) is 29.6 Å². The molecule has 0 aliphatic heterocycles. The van der Waals surface area contributed by atoms with Gasteiger partial charge in [-0.25, -0.2) is 0 Å². The lowest BCUT2D eigenvalue weighted by Gasteiger charge is -2.10. The molecule has 0 spiro atoms. The number of rotatable bonds is 3. The van der Waals surface area contributed by atoms with Crippen LogP contribution in [0.1, 0.15) is 23.7 Å². The number of aryl methyl sites for hydroxylation is 1. The molecule has 1 rings (SSSR count). The summed E-state index contributed by atoms with van der Waals surface area (Å²) in [5, 5.41) is 18.1. The minimum Gasteiger partial charge on any atom is -0.396 e. The van der Waals surface area contributed by atoms with Gasteiger partial charge in [-0.15, -0.1) is 0 Å². The van der Waals surface area contributed by atoms with Gasteiger partial charge in [0.2, 0.25) is 0 Å². The average Bonchev–Trinajstić information content (AvgIpc) is 2.05. The minimum absolute atomic E-state index is 0.00446. The van der Waals surface area contributed by atoms with E-state index in [4.69, 9.17) is 5.11 Å². The number of nitrogens with zero attached hydrogens (tertiary/aromatic N) is 1. The van der Waals surface area contributed by atoms with Gasteiger partial charge >= 0.3 is 0 Å². The van der Waals surface area contributed by atoms with Crippen LogP contribution in [-0.2, 0) is 0 Å². The molecule has 66 valence electrons. The maximum Gasteiger partial charge on any atom is 0.0829 e. The van der Waals surface area contributed by atoms with Gasteiger partial charge in [0.1, 0.15) is 0 Å². The second kappa shape index (κ2) is 4.18. The van der Waals surface area contributed by atoms with Crippen LogP contribution in [0.4, 0.5) is 0 Å². The van der Waals surface area contributed by atoms with Gasteiger partial charge in [-0.2, -0.15) is 0 Å². The summed E-state index contributed by atoms with van der Waals surface area (Å²) in [5.74, 6) is 0. The van der Waals surface area contributed by atoms with Crippen LogP contribution in [0.3, 0.4) is 0 Å². The van der Waals surface area contributed by atoms with Crippen LogP contribution in [0.5, 0.6) is 0 Å². The van der Waals surface area contributed by atoms with Crippen molar-refractivity contribution in [1.29, 1.82) is 0 Å². The molecule has 0 unspecified atom stereocenters. The highest BCUT2D eigenvalue weighted by Crippen LogP contribution is 2.18. The lowest BCUT2D eigenvalue weighted by atomic mass is 10.0. The van der Waals surface area contributed by atoms with Gasteiger partial charge in [0, 0.05) is 31.0 Å². The molecular weight excluding hydrogens is 154 g/mol. The molecule has 0 saturated heterocycles. The number of hydrogen-bond acceptors (Lipinski definition) is 3. The molecule has 0 radical (unpaired) electrons. The fourth-order valence-electron chi connectivity index (χ4n) is 1.10. The molecule has 1 heterocycles. The van der Waals surface area contributed by atoms with Gasteiger partial charge < -0.3 is 10.2 Å². The Morgan fingerprint density at radius 2 is 2.33 bits per heavy atom. The smallest absolute Gasteiger partial charge is 0.0829 e. The molecule has 3 heteroatoms. The molecule has 2 N–H and O–H groups in total. The summed E-state index contributed by atoms with van der Waals surface area (Å²) in [6.07, 6.45) is 3.09. The first-order valence-electron chi connectivity index (χ1n) is 3.95. The van der Waals surface area contributed by atoms with Crippen molar-refractivity contribution in [3.63, 3.8) is 0 Å². The summed E-state index contributed by atoms with van der Waals surface area (Å²) in [7, 11) is 0. The minimum atomic E-state index is -0.594. The largest absolute Gasteiger partial charge is 0.396 e. The zero-order valence-electron chi connectivity index (χ0n) is 7.07. The molecule has 3 nitrogen and oxygen atoms in total. The van der Waals surface area contributed by atoms with Crippen molar-refractivity contribution in [1.82, 2.24) is 4.98 Å². The molecule has 0 bridgehead atoms. The van der Waals surface area contributed by atoms with Crippen LogP contribution in [0.25, 0.3) is 0 Å². The molecule has 1 atom stereocenters. The molecule has 1 aromatic heterocycles. The Labute approximate surface area is 71.7 Å². The summed E-state index contributed by atoms with van der Waals surface area (Å²) in [5.41, 5.74) is 1.80. The van der Waals surface area contributed by atoms with E-state index < -0.39 is 6.10 Å². The fourth-order valence-corrected chi connectivity index (χ4v) is 1.10. The standard InChI is InChI=1S/C9H13NO2/c1-7-2-4-10-6-8(7)9(12)3-5-11/h2,4,6,9,11-12H,3,5H2,1H3/t9-/m0/s1. The van der Waals surface area contributed by atoms with E-state index in [0.29, 0.717) is 6.42 Å². The topological polar surface area (TPSA) is 53.4 Å². The number of aromatic nitrogens is 1. The highest BCUT2D eigenvalue weighted by atomic mass is 16.3. The summed E-state index contributed by atoms with van der Waals surface area (Å²) in [6, 6.07) is 1.84. The van der Waals surface area contributed by atoms with E-state index in [-0.39, 0.29) is 6.61 Å². The Hall–Kier alpha value is -0.930. The van der Waals surface area contributed by atoms with Gasteiger partial charge in [0.15, 0.2) is 0 Å². The third-order valence-electron chi connectivity index (χ3n) is 1.84. The Kier molecular flexibility index (Phi) is 3.19.